The van der Waals surface area contributed by atoms with Crippen molar-refractivity contribution in [1.29, 1.82) is 0 Å². The number of fused-ring (bicyclic) bond motifs is 1. The molecule has 35 heavy (non-hydrogen) atoms. The Kier molecular flexibility index (Phi) is 6.45. The summed E-state index contributed by atoms with van der Waals surface area (Å²) in [4.78, 5) is 28.5. The zero-order valence-electron chi connectivity index (χ0n) is 19.3. The molecular formula is C25H25N5O4S. The van der Waals surface area contributed by atoms with E-state index in [1.165, 1.54) is 42.7 Å². The molecular weight excluding hydrogens is 466 g/mol. The van der Waals surface area contributed by atoms with Crippen LogP contribution in [0.2, 0.25) is 0 Å². The molecule has 1 fully saturated rings. The summed E-state index contributed by atoms with van der Waals surface area (Å²) in [5.41, 5.74) is 3.60. The molecule has 0 spiro atoms. The van der Waals surface area contributed by atoms with Gasteiger partial charge in [0.05, 0.1) is 28.1 Å². The van der Waals surface area contributed by atoms with Crippen molar-refractivity contribution in [3.63, 3.8) is 0 Å². The van der Waals surface area contributed by atoms with E-state index >= 15 is 0 Å². The van der Waals surface area contributed by atoms with Gasteiger partial charge in [-0.15, -0.1) is 11.3 Å². The lowest BCUT2D eigenvalue weighted by Gasteiger charge is -2.18. The van der Waals surface area contributed by atoms with Crippen LogP contribution in [0.25, 0.3) is 11.3 Å². The predicted octanol–water partition coefficient (Wildman–Crippen LogP) is 4.96. The monoisotopic (exact) mass is 491 g/mol. The molecule has 2 aromatic carbocycles. The molecule has 0 saturated heterocycles. The van der Waals surface area contributed by atoms with Crippen LogP contribution in [0.5, 0.6) is 5.75 Å². The third kappa shape index (κ3) is 5.02. The van der Waals surface area contributed by atoms with Crippen LogP contribution < -0.4 is 14.9 Å². The highest BCUT2D eigenvalue weighted by Gasteiger charge is 2.19. The number of amides is 1. The minimum absolute atomic E-state index is 0.00190. The van der Waals surface area contributed by atoms with E-state index in [2.05, 4.69) is 5.32 Å². The van der Waals surface area contributed by atoms with Crippen LogP contribution in [0, 0.1) is 10.1 Å². The van der Waals surface area contributed by atoms with Gasteiger partial charge in [-0.25, -0.2) is 4.68 Å². The first-order chi connectivity index (χ1) is 17.0. The van der Waals surface area contributed by atoms with Crippen molar-refractivity contribution in [3.8, 4) is 17.0 Å². The van der Waals surface area contributed by atoms with Crippen LogP contribution >= 0.6 is 11.3 Å². The van der Waals surface area contributed by atoms with E-state index in [9.17, 15) is 14.9 Å². The lowest BCUT2D eigenvalue weighted by atomic mass is 9.96. The number of nitro groups is 1. The first kappa shape index (κ1) is 23.0. The van der Waals surface area contributed by atoms with Crippen LogP contribution in [0.3, 0.4) is 0 Å². The highest BCUT2D eigenvalue weighted by atomic mass is 32.1. The van der Waals surface area contributed by atoms with E-state index in [1.54, 1.807) is 10.7 Å². The molecule has 10 heteroatoms. The van der Waals surface area contributed by atoms with E-state index in [0.717, 1.165) is 28.9 Å². The Hall–Kier alpha value is -3.79. The zero-order chi connectivity index (χ0) is 24.4. The molecule has 0 radical (unpaired) electrons. The first-order valence-corrected chi connectivity index (χ1v) is 12.5. The average Bonchev–Trinajstić information content (AvgIpc) is 3.26. The maximum Gasteiger partial charge on any atom is 0.270 e. The molecule has 0 atom stereocenters. The number of rotatable bonds is 5. The number of anilines is 1. The molecule has 5 rings (SSSR count). The van der Waals surface area contributed by atoms with Gasteiger partial charge in [0, 0.05) is 28.6 Å². The SMILES string of the molecule is CC(=Nn1c(-c2ccc3c(c2)NC(=O)CO3)csc1=NC1CCCCC1)c1cccc([N+](=O)[O-])c1. The summed E-state index contributed by atoms with van der Waals surface area (Å²) in [6.45, 7) is 1.83. The van der Waals surface area contributed by atoms with E-state index in [1.807, 2.05) is 36.6 Å². The van der Waals surface area contributed by atoms with Gasteiger partial charge in [-0.2, -0.15) is 5.10 Å². The molecule has 1 saturated carbocycles. The van der Waals surface area contributed by atoms with E-state index < -0.39 is 4.92 Å². The number of benzene rings is 2. The largest absolute Gasteiger partial charge is 0.482 e. The molecule has 0 unspecified atom stereocenters. The summed E-state index contributed by atoms with van der Waals surface area (Å²) in [6.07, 6.45) is 5.71. The summed E-state index contributed by atoms with van der Waals surface area (Å²) in [5.74, 6) is 0.430. The number of nitro benzene ring substituents is 1. The number of hydrogen-bond donors (Lipinski definition) is 1. The fraction of sp³-hybridized carbons (Fsp3) is 0.320. The van der Waals surface area contributed by atoms with Crippen LogP contribution in [-0.2, 0) is 4.79 Å². The number of ether oxygens (including phenoxy) is 1. The molecule has 1 N–H and O–H groups in total. The van der Waals surface area contributed by atoms with Gasteiger partial charge in [0.25, 0.3) is 11.6 Å². The summed E-state index contributed by atoms with van der Waals surface area (Å²) >= 11 is 1.51. The number of carbonyl (C=O) groups excluding carboxylic acids is 1. The molecule has 2 aliphatic rings. The molecule has 1 aliphatic heterocycles. The van der Waals surface area contributed by atoms with Gasteiger partial charge >= 0.3 is 0 Å². The van der Waals surface area contributed by atoms with Crippen molar-refractivity contribution < 1.29 is 14.5 Å². The van der Waals surface area contributed by atoms with Gasteiger partial charge in [-0.1, -0.05) is 31.4 Å². The molecule has 1 aromatic heterocycles. The second kappa shape index (κ2) is 9.83. The van der Waals surface area contributed by atoms with Crippen LogP contribution in [0.4, 0.5) is 11.4 Å². The highest BCUT2D eigenvalue weighted by Crippen LogP contribution is 2.33. The standard InChI is InChI=1S/C25H25N5O4S/c1-16(17-6-5-9-20(12-17)30(32)33)28-29-22(15-35-25(29)26-19-7-3-2-4-8-19)18-10-11-23-21(13-18)27-24(31)14-34-23/h5-6,9-13,15,19H,2-4,7-8,14H2,1H3,(H,27,31). The minimum atomic E-state index is -0.409. The lowest BCUT2D eigenvalue weighted by Crippen LogP contribution is -2.25. The molecule has 1 amide bonds. The van der Waals surface area contributed by atoms with E-state index in [0.29, 0.717) is 22.7 Å². The normalized spacial score (nSPS) is 17.0. The van der Waals surface area contributed by atoms with Gasteiger partial charge in [0.1, 0.15) is 5.75 Å². The third-order valence-corrected chi connectivity index (χ3v) is 7.02. The summed E-state index contributed by atoms with van der Waals surface area (Å²) in [6, 6.07) is 12.3. The fourth-order valence-electron chi connectivity index (χ4n) is 4.34. The van der Waals surface area contributed by atoms with Crippen molar-refractivity contribution in [2.45, 2.75) is 45.1 Å². The smallest absolute Gasteiger partial charge is 0.270 e. The Morgan fingerprint density at radius 1 is 1.20 bits per heavy atom. The summed E-state index contributed by atoms with van der Waals surface area (Å²) in [5, 5.41) is 21.0. The van der Waals surface area contributed by atoms with Gasteiger partial charge < -0.3 is 10.1 Å². The number of carbonyl (C=O) groups is 1. The average molecular weight is 492 g/mol. The Bertz CT molecular complexity index is 1380. The number of non-ortho nitro benzene ring substituents is 1. The van der Waals surface area contributed by atoms with Crippen molar-refractivity contribution in [1.82, 2.24) is 4.68 Å². The molecule has 180 valence electrons. The first-order valence-electron chi connectivity index (χ1n) is 11.6. The number of nitrogens with one attached hydrogen (secondary N) is 1. The Labute approximate surface area is 205 Å². The summed E-state index contributed by atoms with van der Waals surface area (Å²) in [7, 11) is 0. The zero-order valence-corrected chi connectivity index (χ0v) is 20.1. The number of hydrogen-bond acceptors (Lipinski definition) is 7. The van der Waals surface area contributed by atoms with Crippen LogP contribution in [0.15, 0.2) is 57.9 Å². The number of thiazole rings is 1. The number of aromatic nitrogens is 1. The van der Waals surface area contributed by atoms with Crippen LogP contribution in [0.1, 0.15) is 44.6 Å². The summed E-state index contributed by atoms with van der Waals surface area (Å²) < 4.78 is 7.30. The Morgan fingerprint density at radius 2 is 2.03 bits per heavy atom. The van der Waals surface area contributed by atoms with Crippen LogP contribution in [-0.4, -0.2) is 33.9 Å². The highest BCUT2D eigenvalue weighted by molar-refractivity contribution is 7.07. The molecule has 9 nitrogen and oxygen atoms in total. The predicted molar refractivity (Wildman–Crippen MR) is 135 cm³/mol. The van der Waals surface area contributed by atoms with Gasteiger partial charge in [0.15, 0.2) is 6.61 Å². The Morgan fingerprint density at radius 3 is 2.83 bits per heavy atom. The molecule has 1 aliphatic carbocycles. The minimum Gasteiger partial charge on any atom is -0.482 e. The maximum atomic E-state index is 11.8. The number of nitrogens with zero attached hydrogens (tertiary/aromatic N) is 4. The van der Waals surface area contributed by atoms with E-state index in [4.69, 9.17) is 14.8 Å². The molecule has 2 heterocycles. The quantitative estimate of drug-likeness (QED) is 0.309. The van der Waals surface area contributed by atoms with Crippen molar-refractivity contribution in [2.75, 3.05) is 11.9 Å². The van der Waals surface area contributed by atoms with Crippen molar-refractivity contribution in [2.24, 2.45) is 10.1 Å². The Balaban J connectivity index is 1.61. The second-order valence-electron chi connectivity index (χ2n) is 8.68. The second-order valence-corrected chi connectivity index (χ2v) is 9.51. The van der Waals surface area contributed by atoms with Gasteiger partial charge in [-0.3, -0.25) is 19.9 Å². The topological polar surface area (TPSA) is 111 Å². The third-order valence-electron chi connectivity index (χ3n) is 6.19. The van der Waals surface area contributed by atoms with Crippen molar-refractivity contribution >= 4 is 34.3 Å². The van der Waals surface area contributed by atoms with E-state index in [-0.39, 0.29) is 24.2 Å². The van der Waals surface area contributed by atoms with Gasteiger partial charge in [0.2, 0.25) is 4.80 Å². The van der Waals surface area contributed by atoms with Gasteiger partial charge in [-0.05, 0) is 38.0 Å². The van der Waals surface area contributed by atoms with Crippen molar-refractivity contribution in [3.05, 3.63) is 68.3 Å². The maximum absolute atomic E-state index is 11.8. The lowest BCUT2D eigenvalue weighted by molar-refractivity contribution is -0.384. The fourth-order valence-corrected chi connectivity index (χ4v) is 5.25. The molecule has 3 aromatic rings. The molecule has 0 bridgehead atoms.